The Morgan fingerprint density at radius 2 is 2.47 bits per heavy atom. The highest BCUT2D eigenvalue weighted by Gasteiger charge is 2.18. The van der Waals surface area contributed by atoms with Crippen molar-refractivity contribution in [3.63, 3.8) is 0 Å². The SMILES string of the molecule is CN1CCCC(CNc2cnc(N)cc2C(=O)O)C1. The molecule has 104 valence electrons. The van der Waals surface area contributed by atoms with Crippen LogP contribution in [0.15, 0.2) is 12.3 Å². The summed E-state index contributed by atoms with van der Waals surface area (Å²) in [4.78, 5) is 17.4. The second-order valence-corrected chi connectivity index (χ2v) is 5.11. The van der Waals surface area contributed by atoms with Gasteiger partial charge in [-0.1, -0.05) is 0 Å². The van der Waals surface area contributed by atoms with Gasteiger partial charge in [0.2, 0.25) is 0 Å². The lowest BCUT2D eigenvalue weighted by Crippen LogP contribution is -2.35. The first-order valence-corrected chi connectivity index (χ1v) is 6.47. The highest BCUT2D eigenvalue weighted by atomic mass is 16.4. The number of nitrogen functional groups attached to an aromatic ring is 1. The van der Waals surface area contributed by atoms with Crippen LogP contribution >= 0.6 is 0 Å². The number of pyridine rings is 1. The first-order chi connectivity index (χ1) is 9.06. The van der Waals surface area contributed by atoms with Crippen molar-refractivity contribution in [2.75, 3.05) is 37.7 Å². The molecule has 0 spiro atoms. The molecule has 1 fully saturated rings. The van der Waals surface area contributed by atoms with E-state index in [9.17, 15) is 4.79 Å². The van der Waals surface area contributed by atoms with Crippen LogP contribution in [0.2, 0.25) is 0 Å². The minimum absolute atomic E-state index is 0.177. The van der Waals surface area contributed by atoms with Crippen LogP contribution in [-0.4, -0.2) is 47.6 Å². The molecule has 0 aromatic carbocycles. The van der Waals surface area contributed by atoms with E-state index in [1.807, 2.05) is 0 Å². The summed E-state index contributed by atoms with van der Waals surface area (Å²) in [5.41, 5.74) is 6.23. The molecule has 6 heteroatoms. The molecular weight excluding hydrogens is 244 g/mol. The minimum atomic E-state index is -0.989. The van der Waals surface area contributed by atoms with Crippen molar-refractivity contribution in [1.82, 2.24) is 9.88 Å². The molecule has 1 atom stereocenters. The Balaban J connectivity index is 2.01. The van der Waals surface area contributed by atoms with E-state index in [0.717, 1.165) is 19.6 Å². The molecule has 19 heavy (non-hydrogen) atoms. The molecule has 0 saturated carbocycles. The van der Waals surface area contributed by atoms with Crippen molar-refractivity contribution in [3.8, 4) is 0 Å². The van der Waals surface area contributed by atoms with Gasteiger partial charge in [0.05, 0.1) is 17.4 Å². The fourth-order valence-corrected chi connectivity index (χ4v) is 2.48. The topological polar surface area (TPSA) is 91.5 Å². The molecule has 0 aliphatic carbocycles. The number of aromatic nitrogens is 1. The van der Waals surface area contributed by atoms with Crippen LogP contribution in [0.5, 0.6) is 0 Å². The average Bonchev–Trinajstić information content (AvgIpc) is 2.37. The van der Waals surface area contributed by atoms with Gasteiger partial charge in [0.15, 0.2) is 0 Å². The lowest BCUT2D eigenvalue weighted by molar-refractivity contribution is 0.0698. The van der Waals surface area contributed by atoms with E-state index in [1.165, 1.54) is 25.1 Å². The smallest absolute Gasteiger partial charge is 0.337 e. The third-order valence-corrected chi connectivity index (χ3v) is 3.46. The van der Waals surface area contributed by atoms with Crippen LogP contribution in [0.25, 0.3) is 0 Å². The largest absolute Gasteiger partial charge is 0.478 e. The monoisotopic (exact) mass is 264 g/mol. The standard InChI is InChI=1S/C13H20N4O2/c1-17-4-2-3-9(8-17)6-15-11-7-16-12(14)5-10(11)13(18)19/h5,7,9,15H,2-4,6,8H2,1H3,(H2,14,16)(H,18,19). The summed E-state index contributed by atoms with van der Waals surface area (Å²) in [6.45, 7) is 2.94. The molecule has 2 rings (SSSR count). The van der Waals surface area contributed by atoms with Crippen LogP contribution in [0.3, 0.4) is 0 Å². The van der Waals surface area contributed by atoms with E-state index >= 15 is 0 Å². The summed E-state index contributed by atoms with van der Waals surface area (Å²) in [7, 11) is 2.11. The Labute approximate surface area is 112 Å². The van der Waals surface area contributed by atoms with Crippen LogP contribution in [-0.2, 0) is 0 Å². The highest BCUT2D eigenvalue weighted by molar-refractivity contribution is 5.94. The lowest BCUT2D eigenvalue weighted by atomic mass is 9.98. The van der Waals surface area contributed by atoms with Gasteiger partial charge in [0.1, 0.15) is 5.82 Å². The molecule has 2 heterocycles. The predicted octanol–water partition coefficient (Wildman–Crippen LogP) is 1.12. The lowest BCUT2D eigenvalue weighted by Gasteiger charge is -2.30. The molecule has 0 bridgehead atoms. The molecule has 0 radical (unpaired) electrons. The highest BCUT2D eigenvalue weighted by Crippen LogP contribution is 2.19. The van der Waals surface area contributed by atoms with E-state index in [4.69, 9.17) is 10.8 Å². The number of aromatic carboxylic acids is 1. The summed E-state index contributed by atoms with van der Waals surface area (Å²) in [6, 6.07) is 1.39. The zero-order valence-electron chi connectivity index (χ0n) is 11.1. The maximum Gasteiger partial charge on any atom is 0.337 e. The van der Waals surface area contributed by atoms with Gasteiger partial charge in [-0.05, 0) is 38.4 Å². The normalized spacial score (nSPS) is 20.2. The number of nitrogens with one attached hydrogen (secondary N) is 1. The first-order valence-electron chi connectivity index (χ1n) is 6.47. The molecule has 1 unspecified atom stereocenters. The Hall–Kier alpha value is -1.82. The van der Waals surface area contributed by atoms with Crippen LogP contribution in [0.1, 0.15) is 23.2 Å². The van der Waals surface area contributed by atoms with Crippen molar-refractivity contribution >= 4 is 17.5 Å². The summed E-state index contributed by atoms with van der Waals surface area (Å²) < 4.78 is 0. The number of anilines is 2. The maximum absolute atomic E-state index is 11.1. The second-order valence-electron chi connectivity index (χ2n) is 5.11. The van der Waals surface area contributed by atoms with Crippen molar-refractivity contribution < 1.29 is 9.90 Å². The Morgan fingerprint density at radius 1 is 1.68 bits per heavy atom. The molecule has 4 N–H and O–H groups in total. The minimum Gasteiger partial charge on any atom is -0.478 e. The number of rotatable bonds is 4. The van der Waals surface area contributed by atoms with Crippen molar-refractivity contribution in [2.24, 2.45) is 5.92 Å². The van der Waals surface area contributed by atoms with E-state index in [-0.39, 0.29) is 11.4 Å². The zero-order valence-corrected chi connectivity index (χ0v) is 11.1. The van der Waals surface area contributed by atoms with Gasteiger partial charge < -0.3 is 21.1 Å². The third-order valence-electron chi connectivity index (χ3n) is 3.46. The van der Waals surface area contributed by atoms with E-state index in [1.54, 1.807) is 0 Å². The number of hydrogen-bond acceptors (Lipinski definition) is 5. The number of nitrogens with two attached hydrogens (primary N) is 1. The van der Waals surface area contributed by atoms with Gasteiger partial charge in [0, 0.05) is 13.1 Å². The quantitative estimate of drug-likeness (QED) is 0.754. The molecule has 0 amide bonds. The number of carboxylic acids is 1. The third kappa shape index (κ3) is 3.57. The Kier molecular flexibility index (Phi) is 4.21. The fraction of sp³-hybridized carbons (Fsp3) is 0.538. The van der Waals surface area contributed by atoms with Crippen LogP contribution < -0.4 is 11.1 Å². The van der Waals surface area contributed by atoms with E-state index in [0.29, 0.717) is 11.6 Å². The number of piperidine rings is 1. The van der Waals surface area contributed by atoms with Gasteiger partial charge in [-0.2, -0.15) is 0 Å². The van der Waals surface area contributed by atoms with Crippen molar-refractivity contribution in [3.05, 3.63) is 17.8 Å². The average molecular weight is 264 g/mol. The summed E-state index contributed by atoms with van der Waals surface area (Å²) >= 11 is 0. The van der Waals surface area contributed by atoms with Gasteiger partial charge in [-0.25, -0.2) is 9.78 Å². The second kappa shape index (κ2) is 5.88. The molecule has 1 aliphatic rings. The van der Waals surface area contributed by atoms with Crippen molar-refractivity contribution in [1.29, 1.82) is 0 Å². The van der Waals surface area contributed by atoms with Crippen LogP contribution in [0.4, 0.5) is 11.5 Å². The number of likely N-dealkylation sites (tertiary alicyclic amines) is 1. The number of hydrogen-bond donors (Lipinski definition) is 3. The maximum atomic E-state index is 11.1. The molecule has 6 nitrogen and oxygen atoms in total. The molecule has 1 aromatic heterocycles. The van der Waals surface area contributed by atoms with Crippen LogP contribution in [0, 0.1) is 5.92 Å². The number of nitrogens with zero attached hydrogens (tertiary/aromatic N) is 2. The first kappa shape index (κ1) is 13.6. The van der Waals surface area contributed by atoms with Gasteiger partial charge in [0.25, 0.3) is 0 Å². The fourth-order valence-electron chi connectivity index (χ4n) is 2.48. The Morgan fingerprint density at radius 3 is 3.16 bits per heavy atom. The van der Waals surface area contributed by atoms with Crippen molar-refractivity contribution in [2.45, 2.75) is 12.8 Å². The number of carboxylic acid groups (broad SMARTS) is 1. The van der Waals surface area contributed by atoms with E-state index < -0.39 is 5.97 Å². The summed E-state index contributed by atoms with van der Waals surface area (Å²) in [5.74, 6) is -0.226. The summed E-state index contributed by atoms with van der Waals surface area (Å²) in [5, 5.41) is 12.3. The number of carbonyl (C=O) groups is 1. The molecule has 1 aromatic rings. The Bertz CT molecular complexity index is 464. The van der Waals surface area contributed by atoms with Gasteiger partial charge in [-0.15, -0.1) is 0 Å². The zero-order chi connectivity index (χ0) is 13.8. The predicted molar refractivity (Wildman–Crippen MR) is 74.3 cm³/mol. The van der Waals surface area contributed by atoms with E-state index in [2.05, 4.69) is 22.2 Å². The molecular formula is C13H20N4O2. The molecule has 1 aliphatic heterocycles. The van der Waals surface area contributed by atoms with Gasteiger partial charge >= 0.3 is 5.97 Å². The molecule has 1 saturated heterocycles. The van der Waals surface area contributed by atoms with Gasteiger partial charge in [-0.3, -0.25) is 0 Å². The summed E-state index contributed by atoms with van der Waals surface area (Å²) in [6.07, 6.45) is 3.85.